The number of nitrogens with zero attached hydrogens (tertiary/aromatic N) is 3. The number of para-hydroxylation sites is 1. The summed E-state index contributed by atoms with van der Waals surface area (Å²) in [5, 5.41) is 0. The molecule has 0 aliphatic carbocycles. The molecule has 6 heteroatoms. The van der Waals surface area contributed by atoms with Gasteiger partial charge in [0.25, 0.3) is 0 Å². The molecule has 1 aliphatic rings. The Morgan fingerprint density at radius 2 is 1.72 bits per heavy atom. The van der Waals surface area contributed by atoms with E-state index in [1.165, 1.54) is 17.7 Å². The molecule has 168 valence electrons. The highest BCUT2D eigenvalue weighted by Gasteiger charge is 2.30. The third-order valence-electron chi connectivity index (χ3n) is 6.15. The van der Waals surface area contributed by atoms with Gasteiger partial charge >= 0.3 is 6.18 Å². The van der Waals surface area contributed by atoms with Gasteiger partial charge in [0.05, 0.1) is 28.0 Å². The molecule has 0 saturated carbocycles. The Morgan fingerprint density at radius 3 is 2.41 bits per heavy atom. The van der Waals surface area contributed by atoms with Gasteiger partial charge in [0.1, 0.15) is 0 Å². The van der Waals surface area contributed by atoms with Gasteiger partial charge in [-0.1, -0.05) is 44.2 Å². The number of hydrogen-bond acceptors (Lipinski definition) is 3. The number of aryl methyl sites for hydroxylation is 2. The minimum Gasteiger partial charge on any atom is -0.299 e. The van der Waals surface area contributed by atoms with Gasteiger partial charge in [0, 0.05) is 19.6 Å². The van der Waals surface area contributed by atoms with E-state index in [2.05, 4.69) is 30.9 Å². The second kappa shape index (κ2) is 9.41. The molecule has 2 heterocycles. The lowest BCUT2D eigenvalue weighted by atomic mass is 9.97. The van der Waals surface area contributed by atoms with Crippen LogP contribution in [0, 0.1) is 0 Å². The Labute approximate surface area is 187 Å². The van der Waals surface area contributed by atoms with E-state index < -0.39 is 11.7 Å². The number of rotatable bonds is 6. The first kappa shape index (κ1) is 22.5. The minimum absolute atomic E-state index is 0.590. The van der Waals surface area contributed by atoms with Gasteiger partial charge in [-0.15, -0.1) is 0 Å². The summed E-state index contributed by atoms with van der Waals surface area (Å²) < 4.78 is 39.1. The first-order chi connectivity index (χ1) is 15.4. The number of hydrogen-bond donors (Lipinski definition) is 0. The van der Waals surface area contributed by atoms with Crippen LogP contribution in [0.5, 0.6) is 0 Å². The van der Waals surface area contributed by atoms with E-state index in [1.807, 2.05) is 12.1 Å². The summed E-state index contributed by atoms with van der Waals surface area (Å²) in [5.41, 5.74) is 6.33. The van der Waals surface area contributed by atoms with Gasteiger partial charge < -0.3 is 0 Å². The summed E-state index contributed by atoms with van der Waals surface area (Å²) >= 11 is 0. The topological polar surface area (TPSA) is 29.0 Å². The molecule has 0 spiro atoms. The van der Waals surface area contributed by atoms with Crippen molar-refractivity contribution in [3.63, 3.8) is 0 Å². The smallest absolute Gasteiger partial charge is 0.299 e. The Morgan fingerprint density at radius 1 is 0.969 bits per heavy atom. The second-order valence-corrected chi connectivity index (χ2v) is 8.22. The van der Waals surface area contributed by atoms with Gasteiger partial charge in [0.2, 0.25) is 0 Å². The lowest BCUT2D eigenvalue weighted by Crippen LogP contribution is -2.30. The van der Waals surface area contributed by atoms with Crippen LogP contribution < -0.4 is 0 Å². The maximum absolute atomic E-state index is 13.0. The quantitative estimate of drug-likeness (QED) is 0.464. The van der Waals surface area contributed by atoms with Crippen molar-refractivity contribution in [1.29, 1.82) is 0 Å². The van der Waals surface area contributed by atoms with E-state index in [0.29, 0.717) is 5.56 Å². The van der Waals surface area contributed by atoms with Crippen molar-refractivity contribution >= 4 is 16.6 Å². The number of alkyl halides is 3. The van der Waals surface area contributed by atoms with Crippen molar-refractivity contribution in [1.82, 2.24) is 14.9 Å². The lowest BCUT2D eigenvalue weighted by Gasteiger charge is -2.27. The highest BCUT2D eigenvalue weighted by molar-refractivity contribution is 5.78. The predicted octanol–water partition coefficient (Wildman–Crippen LogP) is 6.11. The Bertz CT molecular complexity index is 1130. The molecule has 2 aromatic carbocycles. The zero-order valence-corrected chi connectivity index (χ0v) is 18.5. The molecule has 3 aromatic rings. The molecule has 1 aromatic heterocycles. The van der Waals surface area contributed by atoms with Gasteiger partial charge in [0.15, 0.2) is 0 Å². The van der Waals surface area contributed by atoms with Gasteiger partial charge in [-0.3, -0.25) is 4.90 Å². The van der Waals surface area contributed by atoms with E-state index in [1.54, 1.807) is 6.07 Å². The van der Waals surface area contributed by atoms with Crippen LogP contribution in [0.4, 0.5) is 13.2 Å². The van der Waals surface area contributed by atoms with Crippen molar-refractivity contribution in [2.75, 3.05) is 19.6 Å². The molecule has 3 nitrogen and oxygen atoms in total. The number of halogens is 3. The standard InChI is InChI=1S/C26H28F3N3/c1-3-22-23(4-2)31-25-19(7-6-10-24(25)30-22)13-16-32-14-11-18(12-15-32)20-8-5-9-21(17-20)26(27,28)29/h5-11,17H,3-4,12-16H2,1-2H3. The second-order valence-electron chi connectivity index (χ2n) is 8.22. The lowest BCUT2D eigenvalue weighted by molar-refractivity contribution is -0.137. The van der Waals surface area contributed by atoms with Crippen LogP contribution in [0.25, 0.3) is 16.6 Å². The van der Waals surface area contributed by atoms with Crippen molar-refractivity contribution in [2.45, 2.75) is 45.7 Å². The fraction of sp³-hybridized carbons (Fsp3) is 0.385. The number of fused-ring (bicyclic) bond motifs is 1. The van der Waals surface area contributed by atoms with E-state index in [-0.39, 0.29) is 0 Å². The van der Waals surface area contributed by atoms with Crippen molar-refractivity contribution in [2.24, 2.45) is 0 Å². The summed E-state index contributed by atoms with van der Waals surface area (Å²) in [6.07, 6.45) is 1.11. The highest BCUT2D eigenvalue weighted by atomic mass is 19.4. The monoisotopic (exact) mass is 439 g/mol. The van der Waals surface area contributed by atoms with Gasteiger partial charge in [-0.25, -0.2) is 9.97 Å². The molecule has 0 amide bonds. The Kier molecular flexibility index (Phi) is 6.60. The van der Waals surface area contributed by atoms with E-state index >= 15 is 0 Å². The van der Waals surface area contributed by atoms with E-state index in [4.69, 9.17) is 9.97 Å². The van der Waals surface area contributed by atoms with Crippen molar-refractivity contribution in [3.8, 4) is 0 Å². The molecule has 0 atom stereocenters. The van der Waals surface area contributed by atoms with Crippen molar-refractivity contribution < 1.29 is 13.2 Å². The van der Waals surface area contributed by atoms with Crippen molar-refractivity contribution in [3.05, 3.63) is 76.6 Å². The fourth-order valence-corrected chi connectivity index (χ4v) is 4.32. The molecule has 32 heavy (non-hydrogen) atoms. The largest absolute Gasteiger partial charge is 0.416 e. The van der Waals surface area contributed by atoms with Crippen LogP contribution in [0.15, 0.2) is 48.5 Å². The van der Waals surface area contributed by atoms with Crippen LogP contribution in [-0.2, 0) is 25.4 Å². The van der Waals surface area contributed by atoms with Crippen LogP contribution in [0.3, 0.4) is 0 Å². The molecular weight excluding hydrogens is 411 g/mol. The summed E-state index contributed by atoms with van der Waals surface area (Å²) in [4.78, 5) is 12.1. The van der Waals surface area contributed by atoms with Crippen LogP contribution in [-0.4, -0.2) is 34.5 Å². The molecule has 4 rings (SSSR count). The zero-order chi connectivity index (χ0) is 22.7. The SMILES string of the molecule is CCc1nc2cccc(CCN3CC=C(c4cccc(C(F)(F)F)c4)CC3)c2nc1CC. The van der Waals surface area contributed by atoms with E-state index in [0.717, 1.165) is 79.4 Å². The maximum Gasteiger partial charge on any atom is 0.416 e. The summed E-state index contributed by atoms with van der Waals surface area (Å²) in [5.74, 6) is 0. The molecule has 0 unspecified atom stereocenters. The molecule has 0 saturated heterocycles. The first-order valence-corrected chi connectivity index (χ1v) is 11.3. The average Bonchev–Trinajstić information content (AvgIpc) is 2.81. The average molecular weight is 440 g/mol. The van der Waals surface area contributed by atoms with Crippen LogP contribution >= 0.6 is 0 Å². The summed E-state index contributed by atoms with van der Waals surface area (Å²) in [6.45, 7) is 6.67. The first-order valence-electron chi connectivity index (χ1n) is 11.3. The molecule has 0 radical (unpaired) electrons. The normalized spacial score (nSPS) is 15.2. The van der Waals surface area contributed by atoms with Crippen LogP contribution in [0.2, 0.25) is 0 Å². The third kappa shape index (κ3) is 4.85. The third-order valence-corrected chi connectivity index (χ3v) is 6.15. The van der Waals surface area contributed by atoms with Crippen LogP contribution in [0.1, 0.15) is 48.3 Å². The molecular formula is C26H28F3N3. The molecule has 0 fully saturated rings. The maximum atomic E-state index is 13.0. The molecule has 0 N–H and O–H groups in total. The Balaban J connectivity index is 1.45. The minimum atomic E-state index is -4.31. The fourth-order valence-electron chi connectivity index (χ4n) is 4.32. The predicted molar refractivity (Wildman–Crippen MR) is 122 cm³/mol. The highest BCUT2D eigenvalue weighted by Crippen LogP contribution is 2.32. The number of benzene rings is 2. The van der Waals surface area contributed by atoms with Gasteiger partial charge in [-0.2, -0.15) is 13.2 Å². The molecule has 1 aliphatic heterocycles. The van der Waals surface area contributed by atoms with Gasteiger partial charge in [-0.05, 0) is 60.6 Å². The number of aromatic nitrogens is 2. The zero-order valence-electron chi connectivity index (χ0n) is 18.5. The molecule has 0 bridgehead atoms. The van der Waals surface area contributed by atoms with E-state index in [9.17, 15) is 13.2 Å². The summed E-state index contributed by atoms with van der Waals surface area (Å²) in [7, 11) is 0. The summed E-state index contributed by atoms with van der Waals surface area (Å²) in [6, 6.07) is 11.8. The Hall–Kier alpha value is -2.73.